The van der Waals surface area contributed by atoms with Gasteiger partial charge in [0.25, 0.3) is 0 Å². The molecule has 0 unspecified atom stereocenters. The standard InChI is InChI=1S/4K.H2O8S2.H2O4S/c;;;;1-7-10(5,6)8-9(2,3)4;1-5(2,3)4/h;;;;1H,(H,2,3,4);(H2,1,2,3,4)/q4*+1;;/p-4. The van der Waals surface area contributed by atoms with Crippen molar-refractivity contribution in [2.45, 2.75) is 0 Å². The van der Waals surface area contributed by atoms with E-state index < -0.39 is 31.2 Å². The van der Waals surface area contributed by atoms with Crippen molar-refractivity contribution >= 4 is 31.2 Å². The zero-order valence-corrected chi connectivity index (χ0v) is 25.1. The molecule has 0 rings (SSSR count). The molecule has 0 heterocycles. The summed E-state index contributed by atoms with van der Waals surface area (Å²) in [6.07, 6.45) is 0. The van der Waals surface area contributed by atoms with Crippen molar-refractivity contribution in [1.82, 2.24) is 0 Å². The Labute approximate surface area is 280 Å². The summed E-state index contributed by atoms with van der Waals surface area (Å²) in [6, 6.07) is 0. The largest absolute Gasteiger partial charge is 1.00 e. The fraction of sp³-hybridized carbons (Fsp3) is 0. The maximum atomic E-state index is 9.68. The maximum Gasteiger partial charge on any atom is 1.00 e. The second kappa shape index (κ2) is 18.9. The second-order valence-electron chi connectivity index (χ2n) is 1.36. The van der Waals surface area contributed by atoms with E-state index in [4.69, 9.17) is 22.8 Å². The van der Waals surface area contributed by atoms with Crippen molar-refractivity contribution in [3.8, 4) is 0 Å². The molecular formula is K4O12S3. The predicted octanol–water partition coefficient (Wildman–Crippen LogP) is -16.3. The van der Waals surface area contributed by atoms with E-state index in [0.29, 0.717) is 0 Å². The van der Waals surface area contributed by atoms with Gasteiger partial charge in [0, 0.05) is 10.4 Å². The van der Waals surface area contributed by atoms with Crippen LogP contribution in [0.25, 0.3) is 0 Å². The summed E-state index contributed by atoms with van der Waals surface area (Å²) >= 11 is 0. The zero-order valence-electron chi connectivity index (χ0n) is 10.1. The van der Waals surface area contributed by atoms with Gasteiger partial charge in [0.15, 0.2) is 0 Å². The first kappa shape index (κ1) is 40.0. The average molecular weight is 445 g/mol. The van der Waals surface area contributed by atoms with Crippen LogP contribution in [0.1, 0.15) is 0 Å². The molecule has 0 saturated heterocycles. The minimum absolute atomic E-state index is 0. The fourth-order valence-electron chi connectivity index (χ4n) is 0.113. The van der Waals surface area contributed by atoms with E-state index in [1.165, 1.54) is 0 Å². The van der Waals surface area contributed by atoms with Crippen LogP contribution >= 0.6 is 0 Å². The molecule has 0 bridgehead atoms. The molecule has 19 heteroatoms. The molecule has 0 aromatic carbocycles. The molecule has 0 atom stereocenters. The van der Waals surface area contributed by atoms with Crippen molar-refractivity contribution in [2.24, 2.45) is 0 Å². The normalized spacial score (nSPS) is 10.1. The maximum absolute atomic E-state index is 9.68. The summed E-state index contributed by atoms with van der Waals surface area (Å²) in [5.74, 6) is 0. The first-order valence-corrected chi connectivity index (χ1v) is 6.17. The van der Waals surface area contributed by atoms with Crippen molar-refractivity contribution in [3.05, 3.63) is 0 Å². The van der Waals surface area contributed by atoms with Crippen LogP contribution in [0.3, 0.4) is 0 Å². The van der Waals surface area contributed by atoms with Crippen molar-refractivity contribution in [3.63, 3.8) is 0 Å². The SMILES string of the molecule is O=S(=O)([O-])OS(=O)(=O)O[O-].O=S(=O)([O-])[O-].[K+].[K+].[K+].[K+]. The average Bonchev–Trinajstić information content (AvgIpc) is 1.77. The van der Waals surface area contributed by atoms with Gasteiger partial charge in [-0.3, -0.25) is 8.42 Å². The van der Waals surface area contributed by atoms with Gasteiger partial charge in [-0.25, -0.2) is 8.42 Å². The third kappa shape index (κ3) is 51.6. The molecule has 0 aliphatic heterocycles. The molecule has 0 amide bonds. The summed E-state index contributed by atoms with van der Waals surface area (Å²) in [7, 11) is -15.9. The minimum Gasteiger partial charge on any atom is -0.759 e. The van der Waals surface area contributed by atoms with Gasteiger partial charge < -0.3 is 23.2 Å². The summed E-state index contributed by atoms with van der Waals surface area (Å²) in [4.78, 5) is 0. The second-order valence-corrected chi connectivity index (χ2v) is 4.49. The quantitative estimate of drug-likeness (QED) is 0.130. The van der Waals surface area contributed by atoms with Gasteiger partial charge >= 0.3 is 216 Å². The number of hydrogen-bond donors (Lipinski definition) is 0. The minimum atomic E-state index is -5.46. The molecule has 0 radical (unpaired) electrons. The van der Waals surface area contributed by atoms with Crippen LogP contribution in [0.2, 0.25) is 0 Å². The molecule has 0 aromatic rings. The van der Waals surface area contributed by atoms with Crippen LogP contribution in [-0.4, -0.2) is 38.9 Å². The van der Waals surface area contributed by atoms with Crippen molar-refractivity contribution < 1.29 is 258 Å². The van der Waals surface area contributed by atoms with Gasteiger partial charge in [-0.2, -0.15) is 8.42 Å². The van der Waals surface area contributed by atoms with Gasteiger partial charge in [-0.1, -0.05) is 0 Å². The molecule has 0 fully saturated rings. The summed E-state index contributed by atoms with van der Waals surface area (Å²) < 4.78 is 86.6. The molecule has 0 aliphatic carbocycles. The van der Waals surface area contributed by atoms with E-state index >= 15 is 0 Å². The van der Waals surface area contributed by atoms with Gasteiger partial charge in [0.2, 0.25) is 10.4 Å². The third-order valence-electron chi connectivity index (χ3n) is 0.250. The van der Waals surface area contributed by atoms with Crippen LogP contribution in [-0.2, 0) is 39.2 Å². The van der Waals surface area contributed by atoms with Gasteiger partial charge in [-0.05, 0) is 0 Å². The Bertz CT molecular complexity index is 461. The van der Waals surface area contributed by atoms with Gasteiger partial charge in [0.1, 0.15) is 0 Å². The van der Waals surface area contributed by atoms with E-state index in [9.17, 15) is 21.4 Å². The Morgan fingerprint density at radius 3 is 0.947 bits per heavy atom. The molecule has 94 valence electrons. The Morgan fingerprint density at radius 2 is 0.895 bits per heavy atom. The predicted molar refractivity (Wildman–Crippen MR) is 31.3 cm³/mol. The van der Waals surface area contributed by atoms with E-state index in [1.54, 1.807) is 0 Å². The molecule has 0 aliphatic rings. The van der Waals surface area contributed by atoms with Gasteiger partial charge in [0.05, 0.1) is 0 Å². The van der Waals surface area contributed by atoms with E-state index in [2.05, 4.69) is 7.96 Å². The Kier molecular flexibility index (Phi) is 39.9. The van der Waals surface area contributed by atoms with Crippen molar-refractivity contribution in [2.75, 3.05) is 0 Å². The molecular weight excluding hydrogens is 445 g/mol. The van der Waals surface area contributed by atoms with Crippen LogP contribution < -0.4 is 211 Å². The van der Waals surface area contributed by atoms with E-state index in [-0.39, 0.29) is 206 Å². The number of rotatable bonds is 3. The number of hydrogen-bond acceptors (Lipinski definition) is 12. The van der Waals surface area contributed by atoms with E-state index in [0.717, 1.165) is 0 Å². The van der Waals surface area contributed by atoms with E-state index in [1.807, 2.05) is 0 Å². The summed E-state index contributed by atoms with van der Waals surface area (Å²) in [5.41, 5.74) is 0. The first-order chi connectivity index (χ1) is 6.27. The molecule has 0 N–H and O–H groups in total. The topological polar surface area (TPSA) is 213 Å². The molecule has 19 heavy (non-hydrogen) atoms. The molecule has 0 aromatic heterocycles. The van der Waals surface area contributed by atoms with Crippen LogP contribution in [0.4, 0.5) is 0 Å². The third-order valence-corrected chi connectivity index (χ3v) is 1.75. The fourth-order valence-corrected chi connectivity index (χ4v) is 1.02. The Morgan fingerprint density at radius 1 is 0.684 bits per heavy atom. The van der Waals surface area contributed by atoms with Crippen LogP contribution in [0.15, 0.2) is 0 Å². The molecule has 12 nitrogen and oxygen atoms in total. The molecule has 0 spiro atoms. The van der Waals surface area contributed by atoms with Crippen LogP contribution in [0, 0.1) is 0 Å². The first-order valence-electron chi connectivity index (χ1n) is 2.17. The Balaban J connectivity index is -0.0000000418. The monoisotopic (exact) mass is 444 g/mol. The summed E-state index contributed by atoms with van der Waals surface area (Å²) in [6.45, 7) is 0. The Hall–Kier alpha value is 6.16. The van der Waals surface area contributed by atoms with Crippen LogP contribution in [0.5, 0.6) is 0 Å². The molecule has 0 saturated carbocycles. The van der Waals surface area contributed by atoms with Gasteiger partial charge in [-0.15, -0.1) is 3.63 Å². The zero-order chi connectivity index (χ0) is 12.9. The van der Waals surface area contributed by atoms with Crippen molar-refractivity contribution in [1.29, 1.82) is 0 Å². The smallest absolute Gasteiger partial charge is 0.759 e. The summed E-state index contributed by atoms with van der Waals surface area (Å²) in [5, 5.41) is 9.01.